The number of hydrogen-bond donors (Lipinski definition) is 1. The minimum atomic E-state index is -0.0443. The maximum Gasteiger partial charge on any atom is 0.193 e. The predicted molar refractivity (Wildman–Crippen MR) is 114 cm³/mol. The average molecular weight is 384 g/mol. The number of nitrogens with one attached hydrogen (secondary N) is 1. The van der Waals surface area contributed by atoms with E-state index in [1.54, 1.807) is 7.11 Å². The highest BCUT2D eigenvalue weighted by Crippen LogP contribution is 2.28. The van der Waals surface area contributed by atoms with Crippen LogP contribution in [0.5, 0.6) is 5.75 Å². The molecule has 0 amide bonds. The molecule has 0 spiro atoms. The van der Waals surface area contributed by atoms with Gasteiger partial charge in [-0.3, -0.25) is 4.99 Å². The summed E-state index contributed by atoms with van der Waals surface area (Å²) in [4.78, 5) is 11.2. The lowest BCUT2D eigenvalue weighted by Gasteiger charge is -2.40. The third kappa shape index (κ3) is 4.49. The van der Waals surface area contributed by atoms with Gasteiger partial charge in [-0.1, -0.05) is 32.9 Å². The molecule has 2 heterocycles. The number of methoxy groups -OCH3 is 1. The van der Waals surface area contributed by atoms with Gasteiger partial charge in [0.2, 0.25) is 0 Å². The Morgan fingerprint density at radius 3 is 2.89 bits per heavy atom. The Kier molecular flexibility index (Phi) is 6.27. The van der Waals surface area contributed by atoms with Gasteiger partial charge < -0.3 is 19.5 Å². The van der Waals surface area contributed by atoms with Crippen LogP contribution >= 0.6 is 0 Å². The van der Waals surface area contributed by atoms with Gasteiger partial charge in [-0.25, -0.2) is 4.98 Å². The molecule has 152 valence electrons. The SMILES string of the molecule is CN=C(NCC(C)(C)c1cccc(OC)c1)N1CCC(C)C(n2ccnc2)C1. The van der Waals surface area contributed by atoms with Crippen molar-refractivity contribution in [3.63, 3.8) is 0 Å². The first-order valence-electron chi connectivity index (χ1n) is 10.0. The van der Waals surface area contributed by atoms with E-state index in [0.29, 0.717) is 12.0 Å². The smallest absolute Gasteiger partial charge is 0.193 e. The molecule has 6 nitrogen and oxygen atoms in total. The molecule has 1 aromatic heterocycles. The van der Waals surface area contributed by atoms with Gasteiger partial charge in [0.05, 0.1) is 19.5 Å². The highest BCUT2D eigenvalue weighted by molar-refractivity contribution is 5.80. The molecule has 2 atom stereocenters. The zero-order valence-corrected chi connectivity index (χ0v) is 17.7. The number of benzene rings is 1. The highest BCUT2D eigenvalue weighted by atomic mass is 16.5. The molecule has 0 radical (unpaired) electrons. The Morgan fingerprint density at radius 1 is 1.39 bits per heavy atom. The highest BCUT2D eigenvalue weighted by Gasteiger charge is 2.30. The summed E-state index contributed by atoms with van der Waals surface area (Å²) in [6, 6.07) is 8.72. The monoisotopic (exact) mass is 383 g/mol. The first-order valence-corrected chi connectivity index (χ1v) is 10.0. The summed E-state index contributed by atoms with van der Waals surface area (Å²) in [5.41, 5.74) is 1.20. The molecule has 2 aromatic rings. The Bertz CT molecular complexity index is 784. The van der Waals surface area contributed by atoms with Gasteiger partial charge >= 0.3 is 0 Å². The molecule has 0 saturated carbocycles. The second-order valence-corrected chi connectivity index (χ2v) is 8.31. The number of imidazole rings is 1. The summed E-state index contributed by atoms with van der Waals surface area (Å²) in [6.45, 7) is 9.57. The first-order chi connectivity index (χ1) is 13.4. The van der Waals surface area contributed by atoms with Crippen molar-refractivity contribution >= 4 is 5.96 Å². The molecule has 3 rings (SSSR count). The molecular formula is C22H33N5O. The van der Waals surface area contributed by atoms with E-state index in [9.17, 15) is 0 Å². The van der Waals surface area contributed by atoms with E-state index >= 15 is 0 Å². The van der Waals surface area contributed by atoms with E-state index in [4.69, 9.17) is 4.74 Å². The molecule has 0 aliphatic carbocycles. The molecule has 0 bridgehead atoms. The van der Waals surface area contributed by atoms with Crippen LogP contribution in [0.25, 0.3) is 0 Å². The van der Waals surface area contributed by atoms with Crippen LogP contribution in [-0.4, -0.2) is 54.2 Å². The maximum absolute atomic E-state index is 5.39. The quantitative estimate of drug-likeness (QED) is 0.636. The van der Waals surface area contributed by atoms with E-state index in [1.165, 1.54) is 5.56 Å². The van der Waals surface area contributed by atoms with E-state index in [2.05, 4.69) is 63.9 Å². The van der Waals surface area contributed by atoms with Crippen molar-refractivity contribution in [3.05, 3.63) is 48.5 Å². The van der Waals surface area contributed by atoms with Crippen molar-refractivity contribution < 1.29 is 4.74 Å². The van der Waals surface area contributed by atoms with Crippen LogP contribution in [0.2, 0.25) is 0 Å². The number of rotatable bonds is 5. The van der Waals surface area contributed by atoms with Gasteiger partial charge in [0.15, 0.2) is 5.96 Å². The lowest BCUT2D eigenvalue weighted by molar-refractivity contribution is 0.188. The second-order valence-electron chi connectivity index (χ2n) is 8.31. The van der Waals surface area contributed by atoms with Crippen molar-refractivity contribution in [2.45, 2.75) is 38.6 Å². The number of ether oxygens (including phenoxy) is 1. The standard InChI is InChI=1S/C22H33N5O/c1-17-9-11-26(14-20(17)27-12-10-24-16-27)21(23-4)25-15-22(2,3)18-7-6-8-19(13-18)28-5/h6-8,10,12-13,16-17,20H,9,11,14-15H2,1-5H3,(H,23,25). The average Bonchev–Trinajstić information content (AvgIpc) is 3.24. The van der Waals surface area contributed by atoms with Crippen LogP contribution in [0.1, 0.15) is 38.8 Å². The third-order valence-corrected chi connectivity index (χ3v) is 5.88. The van der Waals surface area contributed by atoms with E-state index in [1.807, 2.05) is 31.7 Å². The fourth-order valence-electron chi connectivity index (χ4n) is 3.87. The molecule has 1 aliphatic heterocycles. The van der Waals surface area contributed by atoms with Gasteiger partial charge in [0.25, 0.3) is 0 Å². The number of likely N-dealkylation sites (tertiary alicyclic amines) is 1. The van der Waals surface area contributed by atoms with Crippen LogP contribution in [0.15, 0.2) is 48.0 Å². The molecule has 1 aliphatic rings. The number of hydrogen-bond acceptors (Lipinski definition) is 3. The Morgan fingerprint density at radius 2 is 2.21 bits per heavy atom. The second kappa shape index (κ2) is 8.67. The van der Waals surface area contributed by atoms with Gasteiger partial charge in [0, 0.05) is 44.5 Å². The largest absolute Gasteiger partial charge is 0.497 e. The van der Waals surface area contributed by atoms with Crippen LogP contribution < -0.4 is 10.1 Å². The number of piperidine rings is 1. The summed E-state index contributed by atoms with van der Waals surface area (Å²) < 4.78 is 7.62. The maximum atomic E-state index is 5.39. The fourth-order valence-corrected chi connectivity index (χ4v) is 3.87. The van der Waals surface area contributed by atoms with Crippen LogP contribution in [0, 0.1) is 5.92 Å². The summed E-state index contributed by atoms with van der Waals surface area (Å²) >= 11 is 0. The molecular weight excluding hydrogens is 350 g/mol. The Balaban J connectivity index is 1.67. The molecule has 6 heteroatoms. The van der Waals surface area contributed by atoms with Gasteiger partial charge in [-0.05, 0) is 30.0 Å². The Labute approximate surface area is 168 Å². The van der Waals surface area contributed by atoms with Crippen molar-refractivity contribution in [1.82, 2.24) is 19.8 Å². The zero-order valence-electron chi connectivity index (χ0n) is 17.7. The third-order valence-electron chi connectivity index (χ3n) is 5.88. The molecule has 1 fully saturated rings. The van der Waals surface area contributed by atoms with E-state index in [-0.39, 0.29) is 5.41 Å². The Hall–Kier alpha value is -2.50. The summed E-state index contributed by atoms with van der Waals surface area (Å²) in [5, 5.41) is 3.61. The number of guanidine groups is 1. The van der Waals surface area contributed by atoms with Crippen molar-refractivity contribution in [2.24, 2.45) is 10.9 Å². The lowest BCUT2D eigenvalue weighted by Crippen LogP contribution is -2.51. The topological polar surface area (TPSA) is 54.7 Å². The summed E-state index contributed by atoms with van der Waals surface area (Å²) in [7, 11) is 3.57. The van der Waals surface area contributed by atoms with E-state index < -0.39 is 0 Å². The number of nitrogens with zero attached hydrogens (tertiary/aromatic N) is 4. The van der Waals surface area contributed by atoms with Gasteiger partial charge in [-0.15, -0.1) is 0 Å². The van der Waals surface area contributed by atoms with Gasteiger partial charge in [-0.2, -0.15) is 0 Å². The van der Waals surface area contributed by atoms with Crippen LogP contribution in [-0.2, 0) is 5.41 Å². The predicted octanol–water partition coefficient (Wildman–Crippen LogP) is 3.33. The summed E-state index contributed by atoms with van der Waals surface area (Å²) in [6.07, 6.45) is 6.98. The summed E-state index contributed by atoms with van der Waals surface area (Å²) in [5.74, 6) is 2.48. The molecule has 1 aromatic carbocycles. The van der Waals surface area contributed by atoms with Crippen LogP contribution in [0.4, 0.5) is 0 Å². The number of aliphatic imine (C=N–C) groups is 1. The lowest BCUT2D eigenvalue weighted by atomic mass is 9.84. The van der Waals surface area contributed by atoms with E-state index in [0.717, 1.165) is 37.8 Å². The molecule has 2 unspecified atom stereocenters. The minimum Gasteiger partial charge on any atom is -0.497 e. The van der Waals surface area contributed by atoms with Crippen molar-refractivity contribution in [3.8, 4) is 5.75 Å². The molecule has 1 N–H and O–H groups in total. The zero-order chi connectivity index (χ0) is 20.1. The van der Waals surface area contributed by atoms with Crippen LogP contribution in [0.3, 0.4) is 0 Å². The van der Waals surface area contributed by atoms with Gasteiger partial charge in [0.1, 0.15) is 5.75 Å². The molecule has 28 heavy (non-hydrogen) atoms. The minimum absolute atomic E-state index is 0.0443. The molecule has 1 saturated heterocycles. The first kappa shape index (κ1) is 20.2. The van der Waals surface area contributed by atoms with Crippen molar-refractivity contribution in [2.75, 3.05) is 33.8 Å². The number of aromatic nitrogens is 2. The fraction of sp³-hybridized carbons (Fsp3) is 0.545. The normalized spacial score (nSPS) is 20.9. The van der Waals surface area contributed by atoms with Crippen molar-refractivity contribution in [1.29, 1.82) is 0 Å².